The van der Waals surface area contributed by atoms with Crippen LogP contribution in [0.4, 0.5) is 0 Å². The Kier molecular flexibility index (Phi) is 5.22. The van der Waals surface area contributed by atoms with Crippen molar-refractivity contribution in [3.05, 3.63) is 0 Å². The zero-order valence-corrected chi connectivity index (χ0v) is 10.9. The summed E-state index contributed by atoms with van der Waals surface area (Å²) < 4.78 is 0. The number of rotatable bonds is 4. The number of carbonyl (C=O) groups is 1. The normalized spacial score (nSPS) is 27.8. The first-order valence-electron chi connectivity index (χ1n) is 6.18. The van der Waals surface area contributed by atoms with Crippen LogP contribution < -0.4 is 10.6 Å². The van der Waals surface area contributed by atoms with Crippen LogP contribution in [0.5, 0.6) is 0 Å². The highest BCUT2D eigenvalue weighted by atomic mass is 16.1. The minimum atomic E-state index is 0.158. The van der Waals surface area contributed by atoms with E-state index in [4.69, 9.17) is 0 Å². The summed E-state index contributed by atoms with van der Waals surface area (Å²) in [6.45, 7) is 5.84. The van der Waals surface area contributed by atoms with Crippen LogP contribution in [0.2, 0.25) is 0 Å². The Balaban J connectivity index is 2.25. The van der Waals surface area contributed by atoms with Gasteiger partial charge in [-0.05, 0) is 40.8 Å². The second-order valence-corrected chi connectivity index (χ2v) is 5.14. The number of nitrogens with zero attached hydrogens (tertiary/aromatic N) is 1. The second-order valence-electron chi connectivity index (χ2n) is 5.14. The maximum atomic E-state index is 11.9. The Morgan fingerprint density at radius 3 is 2.69 bits per heavy atom. The van der Waals surface area contributed by atoms with Crippen molar-refractivity contribution in [1.29, 1.82) is 0 Å². The Labute approximate surface area is 98.8 Å². The molecular weight excluding hydrogens is 202 g/mol. The molecule has 1 rings (SSSR count). The second kappa shape index (κ2) is 6.21. The number of hydrogen-bond acceptors (Lipinski definition) is 3. The smallest absolute Gasteiger partial charge is 0.224 e. The van der Waals surface area contributed by atoms with E-state index in [1.165, 1.54) is 0 Å². The Bertz CT molecular complexity index is 222. The number of carbonyl (C=O) groups excluding carboxylic acids is 1. The molecule has 94 valence electrons. The average Bonchev–Trinajstić information content (AvgIpc) is 2.26. The zero-order chi connectivity index (χ0) is 12.1. The van der Waals surface area contributed by atoms with Crippen LogP contribution in [-0.2, 0) is 4.79 Å². The van der Waals surface area contributed by atoms with Crippen molar-refractivity contribution in [2.45, 2.75) is 38.8 Å². The van der Waals surface area contributed by atoms with Gasteiger partial charge in [0.1, 0.15) is 0 Å². The highest BCUT2D eigenvalue weighted by Crippen LogP contribution is 2.13. The van der Waals surface area contributed by atoms with E-state index >= 15 is 0 Å². The third-order valence-corrected chi connectivity index (χ3v) is 3.48. The topological polar surface area (TPSA) is 44.4 Å². The lowest BCUT2D eigenvalue weighted by atomic mass is 9.95. The molecule has 16 heavy (non-hydrogen) atoms. The molecular formula is C12H25N3O. The van der Waals surface area contributed by atoms with Gasteiger partial charge in [0.25, 0.3) is 0 Å². The SMILES string of the molecule is CC1CCC(C(=O)NCC(C)N(C)C)CN1. The molecule has 0 aliphatic carbocycles. The van der Waals surface area contributed by atoms with Crippen LogP contribution in [0.25, 0.3) is 0 Å². The van der Waals surface area contributed by atoms with E-state index in [1.54, 1.807) is 0 Å². The lowest BCUT2D eigenvalue weighted by Gasteiger charge is -2.28. The van der Waals surface area contributed by atoms with Gasteiger partial charge < -0.3 is 15.5 Å². The van der Waals surface area contributed by atoms with Crippen LogP contribution in [0.1, 0.15) is 26.7 Å². The molecule has 3 atom stereocenters. The summed E-state index contributed by atoms with van der Waals surface area (Å²) in [5, 5.41) is 6.38. The number of nitrogens with one attached hydrogen (secondary N) is 2. The number of likely N-dealkylation sites (N-methyl/N-ethyl adjacent to an activating group) is 1. The Morgan fingerprint density at radius 2 is 2.19 bits per heavy atom. The number of piperidine rings is 1. The summed E-state index contributed by atoms with van der Waals surface area (Å²) in [5.74, 6) is 0.360. The maximum absolute atomic E-state index is 11.9. The number of hydrogen-bond donors (Lipinski definition) is 2. The summed E-state index contributed by atoms with van der Waals surface area (Å²) in [7, 11) is 4.06. The van der Waals surface area contributed by atoms with Crippen molar-refractivity contribution < 1.29 is 4.79 Å². The molecule has 4 heteroatoms. The molecule has 0 aromatic carbocycles. The lowest BCUT2D eigenvalue weighted by Crippen LogP contribution is -2.46. The predicted octanol–water partition coefficient (Wildman–Crippen LogP) is 0.441. The zero-order valence-electron chi connectivity index (χ0n) is 10.9. The average molecular weight is 227 g/mol. The van der Waals surface area contributed by atoms with Crippen molar-refractivity contribution in [3.63, 3.8) is 0 Å². The van der Waals surface area contributed by atoms with Crippen LogP contribution in [0, 0.1) is 5.92 Å². The maximum Gasteiger partial charge on any atom is 0.224 e. The van der Waals surface area contributed by atoms with Crippen LogP contribution in [0.3, 0.4) is 0 Å². The van der Waals surface area contributed by atoms with Crippen molar-refractivity contribution >= 4 is 5.91 Å². The fourth-order valence-electron chi connectivity index (χ4n) is 1.80. The quantitative estimate of drug-likeness (QED) is 0.732. The summed E-state index contributed by atoms with van der Waals surface area (Å²) in [5.41, 5.74) is 0. The van der Waals surface area contributed by atoms with Gasteiger partial charge in [0.2, 0.25) is 5.91 Å². The highest BCUT2D eigenvalue weighted by molar-refractivity contribution is 5.79. The van der Waals surface area contributed by atoms with E-state index in [-0.39, 0.29) is 11.8 Å². The lowest BCUT2D eigenvalue weighted by molar-refractivity contribution is -0.125. The molecule has 1 fully saturated rings. The highest BCUT2D eigenvalue weighted by Gasteiger charge is 2.23. The predicted molar refractivity (Wildman–Crippen MR) is 66.3 cm³/mol. The van der Waals surface area contributed by atoms with Gasteiger partial charge in [-0.3, -0.25) is 4.79 Å². The molecule has 4 nitrogen and oxygen atoms in total. The minimum Gasteiger partial charge on any atom is -0.354 e. The molecule has 0 aromatic heterocycles. The first-order chi connectivity index (χ1) is 7.50. The number of amides is 1. The van der Waals surface area contributed by atoms with Gasteiger partial charge in [0, 0.05) is 25.2 Å². The van der Waals surface area contributed by atoms with Crippen LogP contribution in [0.15, 0.2) is 0 Å². The summed E-state index contributed by atoms with van der Waals surface area (Å²) in [6, 6.07) is 0.948. The third-order valence-electron chi connectivity index (χ3n) is 3.48. The summed E-state index contributed by atoms with van der Waals surface area (Å²) in [6.07, 6.45) is 2.11. The minimum absolute atomic E-state index is 0.158. The standard InChI is InChI=1S/C12H25N3O/c1-9-5-6-11(8-13-9)12(16)14-7-10(2)15(3)4/h9-11,13H,5-8H2,1-4H3,(H,14,16). The molecule has 1 amide bonds. The molecule has 0 aromatic rings. The largest absolute Gasteiger partial charge is 0.354 e. The Hall–Kier alpha value is -0.610. The molecule has 0 spiro atoms. The summed E-state index contributed by atoms with van der Waals surface area (Å²) in [4.78, 5) is 14.0. The molecule has 2 N–H and O–H groups in total. The molecule has 0 bridgehead atoms. The first-order valence-corrected chi connectivity index (χ1v) is 6.18. The Morgan fingerprint density at radius 1 is 1.50 bits per heavy atom. The summed E-state index contributed by atoms with van der Waals surface area (Å²) >= 11 is 0. The molecule has 1 aliphatic heterocycles. The van der Waals surface area contributed by atoms with E-state index in [1.807, 2.05) is 14.1 Å². The van der Waals surface area contributed by atoms with E-state index in [0.717, 1.165) is 25.9 Å². The molecule has 3 unspecified atom stereocenters. The first kappa shape index (κ1) is 13.5. The fourth-order valence-corrected chi connectivity index (χ4v) is 1.80. The third kappa shape index (κ3) is 4.10. The molecule has 1 aliphatic rings. The monoisotopic (exact) mass is 227 g/mol. The molecule has 0 radical (unpaired) electrons. The van der Waals surface area contributed by atoms with Crippen LogP contribution in [-0.4, -0.2) is 50.1 Å². The van der Waals surface area contributed by atoms with Gasteiger partial charge in [-0.25, -0.2) is 0 Å². The van der Waals surface area contributed by atoms with Gasteiger partial charge in [0.15, 0.2) is 0 Å². The van der Waals surface area contributed by atoms with Crippen LogP contribution >= 0.6 is 0 Å². The molecule has 1 heterocycles. The van der Waals surface area contributed by atoms with Crippen molar-refractivity contribution in [2.75, 3.05) is 27.2 Å². The van der Waals surface area contributed by atoms with E-state index < -0.39 is 0 Å². The van der Waals surface area contributed by atoms with Crippen molar-refractivity contribution in [1.82, 2.24) is 15.5 Å². The van der Waals surface area contributed by atoms with Gasteiger partial charge in [-0.15, -0.1) is 0 Å². The van der Waals surface area contributed by atoms with Crippen molar-refractivity contribution in [2.24, 2.45) is 5.92 Å². The van der Waals surface area contributed by atoms with Crippen molar-refractivity contribution in [3.8, 4) is 0 Å². The van der Waals surface area contributed by atoms with E-state index in [0.29, 0.717) is 12.1 Å². The fraction of sp³-hybridized carbons (Fsp3) is 0.917. The molecule has 0 saturated carbocycles. The van der Waals surface area contributed by atoms with E-state index in [9.17, 15) is 4.79 Å². The van der Waals surface area contributed by atoms with Gasteiger partial charge >= 0.3 is 0 Å². The van der Waals surface area contributed by atoms with E-state index in [2.05, 4.69) is 29.4 Å². The van der Waals surface area contributed by atoms with Gasteiger partial charge in [-0.1, -0.05) is 0 Å². The van der Waals surface area contributed by atoms with Gasteiger partial charge in [-0.2, -0.15) is 0 Å². The van der Waals surface area contributed by atoms with Gasteiger partial charge in [0.05, 0.1) is 5.92 Å². The molecule has 1 saturated heterocycles.